The fourth-order valence-electron chi connectivity index (χ4n) is 1.40. The average Bonchev–Trinajstić information content (AvgIpc) is 2.39. The van der Waals surface area contributed by atoms with Crippen LogP contribution in [0.5, 0.6) is 0 Å². The number of aliphatic hydroxyl groups excluding tert-OH is 1. The van der Waals surface area contributed by atoms with Crippen LogP contribution in [0.25, 0.3) is 0 Å². The molecule has 0 spiro atoms. The van der Waals surface area contributed by atoms with Gasteiger partial charge in [0.1, 0.15) is 0 Å². The van der Waals surface area contributed by atoms with Crippen molar-refractivity contribution in [3.63, 3.8) is 0 Å². The van der Waals surface area contributed by atoms with Crippen molar-refractivity contribution >= 4 is 17.4 Å². The van der Waals surface area contributed by atoms with Crippen molar-refractivity contribution in [1.29, 1.82) is 0 Å². The zero-order valence-corrected chi connectivity index (χ0v) is 10.6. The van der Waals surface area contributed by atoms with Gasteiger partial charge in [-0.3, -0.25) is 10.1 Å². The summed E-state index contributed by atoms with van der Waals surface area (Å²) in [5, 5.41) is 24.9. The maximum absolute atomic E-state index is 11.5. The molecule has 104 valence electrons. The third kappa shape index (κ3) is 5.35. The number of non-ortho nitro benzene ring substituents is 1. The molecular formula is C12H17N3O4. The number of amides is 2. The molecule has 0 aliphatic carbocycles. The summed E-state index contributed by atoms with van der Waals surface area (Å²) in [5.41, 5.74) is 0.441. The Labute approximate surface area is 110 Å². The molecule has 0 fully saturated rings. The molecule has 7 nitrogen and oxygen atoms in total. The average molecular weight is 267 g/mol. The summed E-state index contributed by atoms with van der Waals surface area (Å²) in [6.45, 7) is 2.23. The minimum atomic E-state index is -0.504. The number of carbonyl (C=O) groups is 1. The number of benzene rings is 1. The molecule has 3 N–H and O–H groups in total. The summed E-state index contributed by atoms with van der Waals surface area (Å²) < 4.78 is 0. The highest BCUT2D eigenvalue weighted by Gasteiger charge is 2.06. The highest BCUT2D eigenvalue weighted by atomic mass is 16.6. The van der Waals surface area contributed by atoms with Crippen molar-refractivity contribution < 1.29 is 14.8 Å². The molecular weight excluding hydrogens is 250 g/mol. The van der Waals surface area contributed by atoms with Gasteiger partial charge in [0.2, 0.25) is 0 Å². The van der Waals surface area contributed by atoms with Crippen LogP contribution in [0.3, 0.4) is 0 Å². The molecule has 2 amide bonds. The summed E-state index contributed by atoms with van der Waals surface area (Å²) in [4.78, 5) is 21.4. The van der Waals surface area contributed by atoms with Gasteiger partial charge in [-0.15, -0.1) is 0 Å². The van der Waals surface area contributed by atoms with Crippen LogP contribution in [0.2, 0.25) is 0 Å². The van der Waals surface area contributed by atoms with E-state index in [-0.39, 0.29) is 5.69 Å². The van der Waals surface area contributed by atoms with Gasteiger partial charge in [0, 0.05) is 24.4 Å². The van der Waals surface area contributed by atoms with Gasteiger partial charge in [0.15, 0.2) is 0 Å². The van der Waals surface area contributed by atoms with E-state index in [1.807, 2.05) is 6.92 Å². The van der Waals surface area contributed by atoms with Crippen molar-refractivity contribution in [2.75, 3.05) is 11.9 Å². The molecule has 1 unspecified atom stereocenters. The van der Waals surface area contributed by atoms with Gasteiger partial charge in [-0.2, -0.15) is 0 Å². The molecule has 0 bridgehead atoms. The summed E-state index contributed by atoms with van der Waals surface area (Å²) >= 11 is 0. The normalized spacial score (nSPS) is 11.7. The van der Waals surface area contributed by atoms with E-state index in [9.17, 15) is 20.0 Å². The fourth-order valence-corrected chi connectivity index (χ4v) is 1.40. The predicted molar refractivity (Wildman–Crippen MR) is 71.0 cm³/mol. The lowest BCUT2D eigenvalue weighted by molar-refractivity contribution is -0.384. The van der Waals surface area contributed by atoms with Crippen LogP contribution in [-0.4, -0.2) is 28.7 Å². The lowest BCUT2D eigenvalue weighted by Gasteiger charge is -2.09. The van der Waals surface area contributed by atoms with Crippen LogP contribution in [0, 0.1) is 10.1 Å². The van der Waals surface area contributed by atoms with E-state index in [0.29, 0.717) is 25.1 Å². The number of hydrogen-bond acceptors (Lipinski definition) is 4. The van der Waals surface area contributed by atoms with Crippen LogP contribution in [0.4, 0.5) is 16.2 Å². The largest absolute Gasteiger partial charge is 0.393 e. The molecule has 0 radical (unpaired) electrons. The highest BCUT2D eigenvalue weighted by molar-refractivity contribution is 5.89. The standard InChI is InChI=1S/C12H17N3O4/c1-2-11(16)7-8-13-12(17)14-9-3-5-10(6-4-9)15(18)19/h3-6,11,16H,2,7-8H2,1H3,(H2,13,14,17). The first-order valence-electron chi connectivity index (χ1n) is 6.00. The van der Waals surface area contributed by atoms with Crippen molar-refractivity contribution in [3.8, 4) is 0 Å². The molecule has 1 rings (SSSR count). The molecule has 1 aromatic carbocycles. The quantitative estimate of drug-likeness (QED) is 0.540. The molecule has 19 heavy (non-hydrogen) atoms. The van der Waals surface area contributed by atoms with Gasteiger partial charge in [0.25, 0.3) is 5.69 Å². The van der Waals surface area contributed by atoms with E-state index in [1.54, 1.807) is 0 Å². The van der Waals surface area contributed by atoms with Gasteiger partial charge in [-0.1, -0.05) is 6.92 Å². The Balaban J connectivity index is 2.38. The van der Waals surface area contributed by atoms with Gasteiger partial charge in [-0.25, -0.2) is 4.79 Å². The van der Waals surface area contributed by atoms with Gasteiger partial charge in [0.05, 0.1) is 11.0 Å². The van der Waals surface area contributed by atoms with E-state index >= 15 is 0 Å². The number of nitro benzene ring substituents is 1. The third-order valence-corrected chi connectivity index (χ3v) is 2.57. The van der Waals surface area contributed by atoms with Gasteiger partial charge >= 0.3 is 6.03 Å². The second kappa shape index (κ2) is 7.32. The van der Waals surface area contributed by atoms with E-state index < -0.39 is 17.1 Å². The van der Waals surface area contributed by atoms with Crippen LogP contribution in [0.1, 0.15) is 19.8 Å². The number of carbonyl (C=O) groups excluding carboxylic acids is 1. The summed E-state index contributed by atoms with van der Waals surface area (Å²) in [5.74, 6) is 0. The van der Waals surface area contributed by atoms with Crippen molar-refractivity contribution in [2.45, 2.75) is 25.9 Å². The van der Waals surface area contributed by atoms with E-state index in [4.69, 9.17) is 0 Å². The van der Waals surface area contributed by atoms with E-state index in [1.165, 1.54) is 24.3 Å². The number of urea groups is 1. The summed E-state index contributed by atoms with van der Waals surface area (Å²) in [6, 6.07) is 5.14. The molecule has 1 atom stereocenters. The highest BCUT2D eigenvalue weighted by Crippen LogP contribution is 2.15. The molecule has 0 aliphatic rings. The number of aliphatic hydroxyl groups is 1. The zero-order valence-electron chi connectivity index (χ0n) is 10.6. The SMILES string of the molecule is CCC(O)CCNC(=O)Nc1ccc([N+](=O)[O-])cc1. The number of nitrogens with zero attached hydrogens (tertiary/aromatic N) is 1. The maximum Gasteiger partial charge on any atom is 0.319 e. The number of rotatable bonds is 6. The van der Waals surface area contributed by atoms with Crippen LogP contribution in [-0.2, 0) is 0 Å². The van der Waals surface area contributed by atoms with E-state index in [0.717, 1.165) is 0 Å². The van der Waals surface area contributed by atoms with Crippen LogP contribution in [0.15, 0.2) is 24.3 Å². The number of nitrogens with one attached hydrogen (secondary N) is 2. The Morgan fingerprint density at radius 3 is 2.58 bits per heavy atom. The molecule has 0 aromatic heterocycles. The monoisotopic (exact) mass is 267 g/mol. The zero-order chi connectivity index (χ0) is 14.3. The first kappa shape index (κ1) is 14.9. The molecule has 1 aromatic rings. The number of hydrogen-bond donors (Lipinski definition) is 3. The minimum absolute atomic E-state index is 0.0305. The Kier molecular flexibility index (Phi) is 5.74. The van der Waals surface area contributed by atoms with E-state index in [2.05, 4.69) is 10.6 Å². The lowest BCUT2D eigenvalue weighted by atomic mass is 10.2. The van der Waals surface area contributed by atoms with Crippen molar-refractivity contribution in [2.24, 2.45) is 0 Å². The minimum Gasteiger partial charge on any atom is -0.393 e. The number of anilines is 1. The maximum atomic E-state index is 11.5. The Morgan fingerprint density at radius 2 is 2.05 bits per heavy atom. The number of nitro groups is 1. The van der Waals surface area contributed by atoms with Crippen molar-refractivity contribution in [3.05, 3.63) is 34.4 Å². The van der Waals surface area contributed by atoms with Gasteiger partial charge in [-0.05, 0) is 25.0 Å². The van der Waals surface area contributed by atoms with Crippen LogP contribution < -0.4 is 10.6 Å². The third-order valence-electron chi connectivity index (χ3n) is 2.57. The Bertz CT molecular complexity index is 433. The second-order valence-electron chi connectivity index (χ2n) is 4.04. The molecule has 0 saturated heterocycles. The Hall–Kier alpha value is -2.15. The summed E-state index contributed by atoms with van der Waals surface area (Å²) in [6.07, 6.45) is 0.718. The fraction of sp³-hybridized carbons (Fsp3) is 0.417. The molecule has 0 aliphatic heterocycles. The summed E-state index contributed by atoms with van der Waals surface area (Å²) in [7, 11) is 0. The smallest absolute Gasteiger partial charge is 0.319 e. The molecule has 0 heterocycles. The molecule has 0 saturated carbocycles. The van der Waals surface area contributed by atoms with Gasteiger partial charge < -0.3 is 15.7 Å². The second-order valence-corrected chi connectivity index (χ2v) is 4.04. The lowest BCUT2D eigenvalue weighted by Crippen LogP contribution is -2.31. The van der Waals surface area contributed by atoms with Crippen molar-refractivity contribution in [1.82, 2.24) is 5.32 Å². The van der Waals surface area contributed by atoms with Crippen LogP contribution >= 0.6 is 0 Å². The predicted octanol–water partition coefficient (Wildman–Crippen LogP) is 1.88. The topological polar surface area (TPSA) is 104 Å². The Morgan fingerprint density at radius 1 is 1.42 bits per heavy atom. The first-order valence-corrected chi connectivity index (χ1v) is 6.00. The molecule has 7 heteroatoms. The first-order chi connectivity index (χ1) is 9.02.